The second kappa shape index (κ2) is 6.03. The number of benzene rings is 1. The standard InChI is InChI=1S/C12H13O7PS/c1-17-8-3-7-4-11(12(13)19-6-20(14,15)16)21-10(7)5-9(8)18-2/h3-5H,6H2,1-2H3,(H2,14,15,16). The maximum absolute atomic E-state index is 11.8. The zero-order valence-electron chi connectivity index (χ0n) is 11.2. The molecule has 0 saturated heterocycles. The van der Waals surface area contributed by atoms with Crippen molar-refractivity contribution >= 4 is 35.0 Å². The van der Waals surface area contributed by atoms with Gasteiger partial charge in [-0.05, 0) is 17.5 Å². The minimum Gasteiger partial charge on any atom is -0.493 e. The lowest BCUT2D eigenvalue weighted by Gasteiger charge is -2.06. The summed E-state index contributed by atoms with van der Waals surface area (Å²) in [5, 5.41) is 0.751. The Morgan fingerprint density at radius 2 is 1.81 bits per heavy atom. The molecule has 0 radical (unpaired) electrons. The van der Waals surface area contributed by atoms with Crippen LogP contribution in [0, 0.1) is 0 Å². The first kappa shape index (κ1) is 15.8. The minimum atomic E-state index is -4.38. The molecule has 1 aromatic heterocycles. The van der Waals surface area contributed by atoms with Gasteiger partial charge in [0.05, 0.1) is 14.2 Å². The predicted molar refractivity (Wildman–Crippen MR) is 77.3 cm³/mol. The highest BCUT2D eigenvalue weighted by Gasteiger charge is 2.19. The zero-order valence-corrected chi connectivity index (χ0v) is 12.9. The van der Waals surface area contributed by atoms with Crippen LogP contribution in [0.4, 0.5) is 0 Å². The number of carbonyl (C=O) groups excluding carboxylic acids is 1. The van der Waals surface area contributed by atoms with Gasteiger partial charge in [0.2, 0.25) is 0 Å². The second-order valence-corrected chi connectivity index (χ2v) is 6.75. The van der Waals surface area contributed by atoms with Crippen LogP contribution in [-0.4, -0.2) is 36.3 Å². The van der Waals surface area contributed by atoms with Gasteiger partial charge in [-0.15, -0.1) is 11.3 Å². The molecular weight excluding hydrogens is 319 g/mol. The van der Waals surface area contributed by atoms with Crippen LogP contribution >= 0.6 is 18.9 Å². The Labute approximate surface area is 124 Å². The van der Waals surface area contributed by atoms with E-state index in [1.54, 1.807) is 18.2 Å². The van der Waals surface area contributed by atoms with Crippen LogP contribution in [0.15, 0.2) is 18.2 Å². The second-order valence-electron chi connectivity index (χ2n) is 4.08. The summed E-state index contributed by atoms with van der Waals surface area (Å²) in [6, 6.07) is 5.01. The van der Waals surface area contributed by atoms with Crippen molar-refractivity contribution in [1.29, 1.82) is 0 Å². The van der Waals surface area contributed by atoms with Crippen LogP contribution in [0.2, 0.25) is 0 Å². The lowest BCUT2D eigenvalue weighted by Crippen LogP contribution is -2.04. The third-order valence-corrected chi connectivity index (χ3v) is 4.13. The lowest BCUT2D eigenvalue weighted by molar-refractivity contribution is 0.0555. The molecule has 0 bridgehead atoms. The van der Waals surface area contributed by atoms with Gasteiger partial charge in [0.15, 0.2) is 17.8 Å². The summed E-state index contributed by atoms with van der Waals surface area (Å²) in [4.78, 5) is 29.4. The highest BCUT2D eigenvalue weighted by atomic mass is 32.1. The highest BCUT2D eigenvalue weighted by molar-refractivity contribution is 7.51. The van der Waals surface area contributed by atoms with E-state index in [9.17, 15) is 9.36 Å². The number of thiophene rings is 1. The number of esters is 1. The molecule has 9 heteroatoms. The fraction of sp³-hybridized carbons (Fsp3) is 0.250. The fourth-order valence-electron chi connectivity index (χ4n) is 1.68. The Morgan fingerprint density at radius 3 is 2.38 bits per heavy atom. The molecular formula is C12H13O7PS. The molecule has 2 N–H and O–H groups in total. The molecule has 2 rings (SSSR count). The summed E-state index contributed by atoms with van der Waals surface area (Å²) in [6.45, 7) is 0. The third-order valence-electron chi connectivity index (χ3n) is 2.59. The summed E-state index contributed by atoms with van der Waals surface area (Å²) < 4.78 is 26.4. The van der Waals surface area contributed by atoms with Gasteiger partial charge in [-0.2, -0.15) is 0 Å². The maximum Gasteiger partial charge on any atom is 0.362 e. The fourth-order valence-corrected chi connectivity index (χ4v) is 2.93. The van der Waals surface area contributed by atoms with Gasteiger partial charge in [-0.1, -0.05) is 0 Å². The SMILES string of the molecule is COc1cc2cc(C(=O)OCP(=O)(O)O)sc2cc1OC. The van der Waals surface area contributed by atoms with Gasteiger partial charge in [0.25, 0.3) is 0 Å². The first-order valence-electron chi connectivity index (χ1n) is 5.71. The average Bonchev–Trinajstić information content (AvgIpc) is 2.85. The van der Waals surface area contributed by atoms with Crippen molar-refractivity contribution in [2.45, 2.75) is 0 Å². The van der Waals surface area contributed by atoms with Crippen molar-refractivity contribution in [1.82, 2.24) is 0 Å². The predicted octanol–water partition coefficient (Wildman–Crippen LogP) is 2.21. The Balaban J connectivity index is 2.30. The van der Waals surface area contributed by atoms with E-state index in [0.717, 1.165) is 21.4 Å². The van der Waals surface area contributed by atoms with Crippen LogP contribution in [0.3, 0.4) is 0 Å². The van der Waals surface area contributed by atoms with E-state index < -0.39 is 19.9 Å². The number of ether oxygens (including phenoxy) is 3. The Bertz CT molecular complexity index is 677. The van der Waals surface area contributed by atoms with Gasteiger partial charge in [0.1, 0.15) is 4.88 Å². The van der Waals surface area contributed by atoms with Crippen LogP contribution in [0.5, 0.6) is 11.5 Å². The zero-order chi connectivity index (χ0) is 15.6. The lowest BCUT2D eigenvalue weighted by atomic mass is 10.2. The van der Waals surface area contributed by atoms with Crippen LogP contribution in [-0.2, 0) is 9.30 Å². The van der Waals surface area contributed by atoms with Gasteiger partial charge < -0.3 is 24.0 Å². The Morgan fingerprint density at radius 1 is 1.19 bits per heavy atom. The molecule has 0 amide bonds. The third kappa shape index (κ3) is 3.74. The summed E-state index contributed by atoms with van der Waals surface area (Å²) in [5.41, 5.74) is 0. The van der Waals surface area contributed by atoms with Crippen LogP contribution in [0.1, 0.15) is 9.67 Å². The van der Waals surface area contributed by atoms with Crippen molar-refractivity contribution in [3.05, 3.63) is 23.1 Å². The number of hydrogen-bond acceptors (Lipinski definition) is 6. The van der Waals surface area contributed by atoms with Crippen molar-refractivity contribution < 1.29 is 33.4 Å². The monoisotopic (exact) mass is 332 g/mol. The topological polar surface area (TPSA) is 102 Å². The van der Waals surface area contributed by atoms with E-state index in [1.165, 1.54) is 14.2 Å². The molecule has 114 valence electrons. The van der Waals surface area contributed by atoms with Crippen molar-refractivity contribution in [2.24, 2.45) is 0 Å². The summed E-state index contributed by atoms with van der Waals surface area (Å²) in [6.07, 6.45) is -0.938. The highest BCUT2D eigenvalue weighted by Crippen LogP contribution is 2.38. The molecule has 1 heterocycles. The number of hydrogen-bond donors (Lipinski definition) is 2. The summed E-state index contributed by atoms with van der Waals surface area (Å²) >= 11 is 1.14. The normalized spacial score (nSPS) is 11.4. The van der Waals surface area contributed by atoms with Gasteiger partial charge in [0, 0.05) is 10.8 Å². The van der Waals surface area contributed by atoms with Gasteiger partial charge in [-0.3, -0.25) is 4.57 Å². The molecule has 0 spiro atoms. The van der Waals surface area contributed by atoms with Gasteiger partial charge in [-0.25, -0.2) is 4.79 Å². The number of carbonyl (C=O) groups is 1. The Hall–Kier alpha value is -1.60. The van der Waals surface area contributed by atoms with Crippen LogP contribution < -0.4 is 9.47 Å². The molecule has 21 heavy (non-hydrogen) atoms. The van der Waals surface area contributed by atoms with E-state index in [0.29, 0.717) is 11.5 Å². The molecule has 0 unspecified atom stereocenters. The van der Waals surface area contributed by atoms with Crippen LogP contribution in [0.25, 0.3) is 10.1 Å². The smallest absolute Gasteiger partial charge is 0.362 e. The number of rotatable bonds is 5. The van der Waals surface area contributed by atoms with Crippen molar-refractivity contribution in [2.75, 3.05) is 20.6 Å². The molecule has 0 atom stereocenters. The number of methoxy groups -OCH3 is 2. The van der Waals surface area contributed by atoms with E-state index in [2.05, 4.69) is 4.74 Å². The van der Waals surface area contributed by atoms with E-state index in [4.69, 9.17) is 19.3 Å². The summed E-state index contributed by atoms with van der Waals surface area (Å²) in [7, 11) is -1.37. The first-order chi connectivity index (χ1) is 9.84. The molecule has 1 aromatic carbocycles. The van der Waals surface area contributed by atoms with Gasteiger partial charge >= 0.3 is 13.6 Å². The van der Waals surface area contributed by atoms with E-state index in [-0.39, 0.29) is 4.88 Å². The molecule has 0 aliphatic heterocycles. The minimum absolute atomic E-state index is 0.244. The molecule has 0 saturated carbocycles. The average molecular weight is 332 g/mol. The quantitative estimate of drug-likeness (QED) is 0.639. The summed E-state index contributed by atoms with van der Waals surface area (Å²) in [5.74, 6) is 0.275. The Kier molecular flexibility index (Phi) is 4.53. The first-order valence-corrected chi connectivity index (χ1v) is 8.32. The van der Waals surface area contributed by atoms with E-state index >= 15 is 0 Å². The number of fused-ring (bicyclic) bond motifs is 1. The largest absolute Gasteiger partial charge is 0.493 e. The maximum atomic E-state index is 11.8. The van der Waals surface area contributed by atoms with Crippen molar-refractivity contribution in [3.63, 3.8) is 0 Å². The molecule has 0 fully saturated rings. The molecule has 0 aliphatic rings. The van der Waals surface area contributed by atoms with E-state index in [1.807, 2.05) is 0 Å². The molecule has 0 aliphatic carbocycles. The molecule has 7 nitrogen and oxygen atoms in total. The molecule has 2 aromatic rings. The van der Waals surface area contributed by atoms with Crippen molar-refractivity contribution in [3.8, 4) is 11.5 Å².